The van der Waals surface area contributed by atoms with Crippen molar-refractivity contribution in [1.29, 1.82) is 0 Å². The fourth-order valence-corrected chi connectivity index (χ4v) is 4.53. The molecule has 0 N–H and O–H groups in total. The molecule has 2 heterocycles. The van der Waals surface area contributed by atoms with Gasteiger partial charge in [-0.1, -0.05) is 23.5 Å². The van der Waals surface area contributed by atoms with Crippen LogP contribution in [0, 0.1) is 0 Å². The molecule has 3 rings (SSSR count). The van der Waals surface area contributed by atoms with Crippen LogP contribution in [0.25, 0.3) is 0 Å². The van der Waals surface area contributed by atoms with Crippen molar-refractivity contribution in [2.75, 3.05) is 37.3 Å². The third kappa shape index (κ3) is 5.37. The van der Waals surface area contributed by atoms with E-state index in [1.807, 2.05) is 25.7 Å². The van der Waals surface area contributed by atoms with E-state index >= 15 is 0 Å². The molecule has 0 unspecified atom stereocenters. The molecule has 1 aliphatic heterocycles. The van der Waals surface area contributed by atoms with Gasteiger partial charge >= 0.3 is 6.09 Å². The van der Waals surface area contributed by atoms with Gasteiger partial charge in [-0.05, 0) is 32.9 Å². The molecule has 0 bridgehead atoms. The number of nitrogens with zero attached hydrogens (tertiary/aromatic N) is 3. The second kappa shape index (κ2) is 8.35. The molecule has 0 radical (unpaired) electrons. The number of ether oxygens (including phenoxy) is 1. The van der Waals surface area contributed by atoms with E-state index in [4.69, 9.17) is 4.74 Å². The smallest absolute Gasteiger partial charge is 0.410 e. The number of amides is 1. The highest BCUT2D eigenvalue weighted by molar-refractivity contribution is 7.90. The Bertz CT molecular complexity index is 1050. The second-order valence-electron chi connectivity index (χ2n) is 8.09. The fraction of sp³-hybridized carbons (Fsp3) is 0.450. The number of piperazine rings is 1. The second-order valence-corrected chi connectivity index (χ2v) is 11.1. The number of carbonyl (C=O) groups is 2. The first-order chi connectivity index (χ1) is 13.9. The highest BCUT2D eigenvalue weighted by Crippen LogP contribution is 2.26. The van der Waals surface area contributed by atoms with Crippen LogP contribution in [0.2, 0.25) is 0 Å². The molecule has 2 aromatic rings. The van der Waals surface area contributed by atoms with Crippen LogP contribution in [0.4, 0.5) is 9.93 Å². The first-order valence-electron chi connectivity index (χ1n) is 9.47. The van der Waals surface area contributed by atoms with Gasteiger partial charge in [0.15, 0.2) is 15.0 Å². The number of aromatic nitrogens is 1. The minimum absolute atomic E-state index is 0.108. The first-order valence-corrected chi connectivity index (χ1v) is 12.2. The van der Waals surface area contributed by atoms with E-state index < -0.39 is 15.4 Å². The lowest BCUT2D eigenvalue weighted by atomic mass is 10.1. The summed E-state index contributed by atoms with van der Waals surface area (Å²) in [6, 6.07) is 6.00. The molecule has 1 aromatic carbocycles. The zero-order chi connectivity index (χ0) is 22.1. The number of hydrogen-bond acceptors (Lipinski definition) is 8. The molecule has 1 amide bonds. The van der Waals surface area contributed by atoms with Crippen LogP contribution in [-0.4, -0.2) is 68.2 Å². The molecule has 0 aliphatic carbocycles. The molecular formula is C20H25N3O5S2. The summed E-state index contributed by atoms with van der Waals surface area (Å²) in [5.41, 5.74) is -0.226. The van der Waals surface area contributed by atoms with Crippen LogP contribution < -0.4 is 4.90 Å². The van der Waals surface area contributed by atoms with Crippen molar-refractivity contribution in [2.24, 2.45) is 0 Å². The van der Waals surface area contributed by atoms with Gasteiger partial charge in [-0.15, -0.1) is 0 Å². The Labute approximate surface area is 180 Å². The SMILES string of the molecule is CC(C)(C)OC(=O)N1CCN(c2ncc(C(=O)c3cccc(S(C)(=O)=O)c3)s2)CC1. The van der Waals surface area contributed by atoms with Crippen LogP contribution in [0.15, 0.2) is 35.4 Å². The standard InChI is InChI=1S/C20H25N3O5S2/c1-20(2,3)28-19(25)23-10-8-22(9-11-23)18-21-13-16(29-18)17(24)14-6-5-7-15(12-14)30(4,26)27/h5-7,12-13H,8-11H2,1-4H3. The minimum Gasteiger partial charge on any atom is -0.444 e. The van der Waals surface area contributed by atoms with Crippen molar-refractivity contribution < 1.29 is 22.7 Å². The van der Waals surface area contributed by atoms with Gasteiger partial charge in [0.1, 0.15) is 5.60 Å². The van der Waals surface area contributed by atoms with Crippen molar-refractivity contribution in [2.45, 2.75) is 31.3 Å². The van der Waals surface area contributed by atoms with Gasteiger partial charge in [-0.3, -0.25) is 4.79 Å². The van der Waals surface area contributed by atoms with Gasteiger partial charge in [0.25, 0.3) is 0 Å². The van der Waals surface area contributed by atoms with Crippen molar-refractivity contribution >= 4 is 38.2 Å². The van der Waals surface area contributed by atoms with Gasteiger partial charge in [0.2, 0.25) is 5.78 Å². The van der Waals surface area contributed by atoms with Crippen molar-refractivity contribution in [3.63, 3.8) is 0 Å². The van der Waals surface area contributed by atoms with E-state index in [-0.39, 0.29) is 16.8 Å². The average Bonchev–Trinajstić information content (AvgIpc) is 3.16. The third-order valence-electron chi connectivity index (χ3n) is 4.44. The zero-order valence-corrected chi connectivity index (χ0v) is 19.0. The van der Waals surface area contributed by atoms with Crippen LogP contribution >= 0.6 is 11.3 Å². The Morgan fingerprint density at radius 2 is 1.80 bits per heavy atom. The lowest BCUT2D eigenvalue weighted by Gasteiger charge is -2.35. The maximum Gasteiger partial charge on any atom is 0.410 e. The van der Waals surface area contributed by atoms with E-state index in [1.54, 1.807) is 17.0 Å². The summed E-state index contributed by atoms with van der Waals surface area (Å²) in [7, 11) is -3.39. The van der Waals surface area contributed by atoms with Gasteiger partial charge in [0.05, 0.1) is 16.0 Å². The van der Waals surface area contributed by atoms with Crippen LogP contribution in [-0.2, 0) is 14.6 Å². The van der Waals surface area contributed by atoms with Crippen molar-refractivity contribution in [3.8, 4) is 0 Å². The Balaban J connectivity index is 1.66. The molecule has 0 saturated carbocycles. The molecule has 1 fully saturated rings. The van der Waals surface area contributed by atoms with Crippen LogP contribution in [0.3, 0.4) is 0 Å². The van der Waals surface area contributed by atoms with E-state index in [2.05, 4.69) is 4.98 Å². The molecule has 162 valence electrons. The molecule has 1 aromatic heterocycles. The summed E-state index contributed by atoms with van der Waals surface area (Å²) < 4.78 is 28.9. The molecule has 10 heteroatoms. The van der Waals surface area contributed by atoms with Gasteiger partial charge < -0.3 is 14.5 Å². The molecule has 1 aliphatic rings. The van der Waals surface area contributed by atoms with Gasteiger partial charge in [-0.2, -0.15) is 0 Å². The minimum atomic E-state index is -3.39. The average molecular weight is 452 g/mol. The number of benzene rings is 1. The normalized spacial score (nSPS) is 15.2. The summed E-state index contributed by atoms with van der Waals surface area (Å²) in [5.74, 6) is -0.267. The van der Waals surface area contributed by atoms with Crippen LogP contribution in [0.5, 0.6) is 0 Å². The Hall–Kier alpha value is -2.46. The van der Waals surface area contributed by atoms with E-state index in [0.717, 1.165) is 6.26 Å². The van der Waals surface area contributed by atoms with Crippen molar-refractivity contribution in [1.82, 2.24) is 9.88 Å². The maximum atomic E-state index is 12.8. The van der Waals surface area contributed by atoms with Gasteiger partial charge in [-0.25, -0.2) is 18.2 Å². The zero-order valence-electron chi connectivity index (χ0n) is 17.4. The molecule has 1 saturated heterocycles. The lowest BCUT2D eigenvalue weighted by Crippen LogP contribution is -2.50. The monoisotopic (exact) mass is 451 g/mol. The molecule has 8 nitrogen and oxygen atoms in total. The van der Waals surface area contributed by atoms with E-state index in [1.165, 1.54) is 29.7 Å². The Morgan fingerprint density at radius 1 is 1.13 bits per heavy atom. The molecule has 0 spiro atoms. The summed E-state index contributed by atoms with van der Waals surface area (Å²) in [5, 5.41) is 0.696. The quantitative estimate of drug-likeness (QED) is 0.660. The molecular weight excluding hydrogens is 426 g/mol. The summed E-state index contributed by atoms with van der Waals surface area (Å²) in [6.45, 7) is 7.69. The first kappa shape index (κ1) is 22.2. The number of thiazole rings is 1. The summed E-state index contributed by atoms with van der Waals surface area (Å²) in [6.07, 6.45) is 2.29. The topological polar surface area (TPSA) is 96.9 Å². The number of rotatable bonds is 4. The number of anilines is 1. The molecule has 30 heavy (non-hydrogen) atoms. The highest BCUT2D eigenvalue weighted by atomic mass is 32.2. The Kier molecular flexibility index (Phi) is 6.19. The van der Waals surface area contributed by atoms with Gasteiger partial charge in [0, 0.05) is 38.0 Å². The van der Waals surface area contributed by atoms with E-state index in [0.29, 0.717) is 41.8 Å². The van der Waals surface area contributed by atoms with Crippen LogP contribution in [0.1, 0.15) is 36.0 Å². The number of sulfone groups is 1. The third-order valence-corrected chi connectivity index (χ3v) is 6.61. The highest BCUT2D eigenvalue weighted by Gasteiger charge is 2.27. The predicted octanol–water partition coefficient (Wildman–Crippen LogP) is 2.83. The number of ketones is 1. The fourth-order valence-electron chi connectivity index (χ4n) is 2.93. The lowest BCUT2D eigenvalue weighted by molar-refractivity contribution is 0.0240. The van der Waals surface area contributed by atoms with E-state index in [9.17, 15) is 18.0 Å². The Morgan fingerprint density at radius 3 is 2.40 bits per heavy atom. The number of hydrogen-bond donors (Lipinski definition) is 0. The van der Waals surface area contributed by atoms with Crippen molar-refractivity contribution in [3.05, 3.63) is 40.9 Å². The summed E-state index contributed by atoms with van der Waals surface area (Å²) in [4.78, 5) is 33.6. The maximum absolute atomic E-state index is 12.8. The molecule has 0 atom stereocenters. The summed E-state index contributed by atoms with van der Waals surface area (Å²) >= 11 is 1.26. The largest absolute Gasteiger partial charge is 0.444 e. The number of carbonyl (C=O) groups excluding carboxylic acids is 2. The predicted molar refractivity (Wildman–Crippen MR) is 115 cm³/mol.